The minimum Gasteiger partial charge on any atom is -0.423 e. The summed E-state index contributed by atoms with van der Waals surface area (Å²) in [6.45, 7) is 1.09. The summed E-state index contributed by atoms with van der Waals surface area (Å²) in [7, 11) is -3.49. The molecule has 0 radical (unpaired) electrons. The van der Waals surface area contributed by atoms with E-state index >= 15 is 0 Å². The summed E-state index contributed by atoms with van der Waals surface area (Å²) in [5, 5.41) is 1.99. The van der Waals surface area contributed by atoms with Crippen LogP contribution in [0.25, 0.3) is 10.8 Å². The quantitative estimate of drug-likeness (QED) is 0.422. The number of fused-ring (bicyclic) bond motifs is 1. The number of esters is 1. The fraction of sp³-hybridized carbons (Fsp3) is 0.190. The van der Waals surface area contributed by atoms with Crippen molar-refractivity contribution in [1.29, 1.82) is 0 Å². The van der Waals surface area contributed by atoms with E-state index in [1.165, 1.54) is 28.6 Å². The molecule has 0 aliphatic carbocycles. The predicted octanol–water partition coefficient (Wildman–Crippen LogP) is 4.61. The molecule has 4 rings (SSSR count). The Morgan fingerprint density at radius 2 is 1.54 bits per heavy atom. The van der Waals surface area contributed by atoms with Crippen LogP contribution in [0, 0.1) is 0 Å². The molecule has 0 amide bonds. The van der Waals surface area contributed by atoms with Crippen LogP contribution in [0.1, 0.15) is 23.2 Å². The fourth-order valence-corrected chi connectivity index (χ4v) is 5.16. The van der Waals surface area contributed by atoms with Crippen LogP contribution in [-0.2, 0) is 10.0 Å². The molecule has 1 aliphatic rings. The van der Waals surface area contributed by atoms with E-state index in [-0.39, 0.29) is 4.90 Å². The molecule has 0 saturated carbocycles. The Bertz CT molecular complexity index is 1140. The molecule has 7 heteroatoms. The van der Waals surface area contributed by atoms with Crippen LogP contribution in [-0.4, -0.2) is 31.8 Å². The normalized spacial score (nSPS) is 15.0. The second-order valence-electron chi connectivity index (χ2n) is 6.68. The van der Waals surface area contributed by atoms with E-state index < -0.39 is 16.0 Å². The first-order valence-electron chi connectivity index (χ1n) is 8.95. The van der Waals surface area contributed by atoms with Gasteiger partial charge in [-0.3, -0.25) is 0 Å². The molecule has 0 unspecified atom stereocenters. The zero-order valence-electron chi connectivity index (χ0n) is 15.0. The Labute approximate surface area is 172 Å². The average molecular weight is 460 g/mol. The number of hydrogen-bond acceptors (Lipinski definition) is 4. The molecule has 5 nitrogen and oxygen atoms in total. The lowest BCUT2D eigenvalue weighted by Crippen LogP contribution is -2.27. The molecule has 0 atom stereocenters. The number of ether oxygens (including phenoxy) is 1. The third-order valence-corrected chi connectivity index (χ3v) is 7.18. The van der Waals surface area contributed by atoms with Gasteiger partial charge in [0.25, 0.3) is 0 Å². The van der Waals surface area contributed by atoms with Gasteiger partial charge < -0.3 is 4.74 Å². The summed E-state index contributed by atoms with van der Waals surface area (Å²) in [6.07, 6.45) is 1.76. The van der Waals surface area contributed by atoms with E-state index in [4.69, 9.17) is 4.74 Å². The van der Waals surface area contributed by atoms with Crippen molar-refractivity contribution >= 4 is 42.7 Å². The molecule has 0 aromatic heterocycles. The van der Waals surface area contributed by atoms with E-state index in [1.54, 1.807) is 12.1 Å². The number of benzene rings is 3. The third kappa shape index (κ3) is 3.83. The number of hydrogen-bond donors (Lipinski definition) is 0. The van der Waals surface area contributed by atoms with Crippen LogP contribution in [0.15, 0.2) is 70.0 Å². The molecular weight excluding hydrogens is 442 g/mol. The van der Waals surface area contributed by atoms with Crippen molar-refractivity contribution < 1.29 is 17.9 Å². The predicted molar refractivity (Wildman–Crippen MR) is 111 cm³/mol. The topological polar surface area (TPSA) is 63.7 Å². The van der Waals surface area contributed by atoms with Crippen molar-refractivity contribution in [3.05, 3.63) is 70.7 Å². The van der Waals surface area contributed by atoms with Gasteiger partial charge in [-0.25, -0.2) is 13.2 Å². The molecule has 1 fully saturated rings. The maximum absolute atomic E-state index is 12.6. The Morgan fingerprint density at radius 1 is 0.893 bits per heavy atom. The number of sulfonamides is 1. The Balaban J connectivity index is 1.51. The fourth-order valence-electron chi connectivity index (χ4n) is 3.26. The summed E-state index contributed by atoms with van der Waals surface area (Å²) in [5.74, 6) is -0.0878. The lowest BCUT2D eigenvalue weighted by molar-refractivity contribution is 0.0735. The van der Waals surface area contributed by atoms with Crippen molar-refractivity contribution in [2.75, 3.05) is 13.1 Å². The van der Waals surface area contributed by atoms with E-state index in [9.17, 15) is 13.2 Å². The summed E-state index contributed by atoms with van der Waals surface area (Å²) >= 11 is 3.43. The van der Waals surface area contributed by atoms with Crippen molar-refractivity contribution in [3.63, 3.8) is 0 Å². The van der Waals surface area contributed by atoms with E-state index in [0.717, 1.165) is 28.1 Å². The molecule has 1 saturated heterocycles. The highest BCUT2D eigenvalue weighted by atomic mass is 79.9. The zero-order chi connectivity index (χ0) is 19.7. The number of carbonyl (C=O) groups is 1. The van der Waals surface area contributed by atoms with Gasteiger partial charge in [-0.2, -0.15) is 4.31 Å². The summed E-state index contributed by atoms with van der Waals surface area (Å²) < 4.78 is 33.0. The highest BCUT2D eigenvalue weighted by Crippen LogP contribution is 2.25. The van der Waals surface area contributed by atoms with E-state index in [2.05, 4.69) is 15.9 Å². The number of nitrogens with zero attached hydrogens (tertiary/aromatic N) is 1. The van der Waals surface area contributed by atoms with Crippen LogP contribution in [0.5, 0.6) is 5.75 Å². The van der Waals surface area contributed by atoms with Gasteiger partial charge in [0.1, 0.15) is 5.75 Å². The average Bonchev–Trinajstić information content (AvgIpc) is 3.24. The van der Waals surface area contributed by atoms with E-state index in [0.29, 0.717) is 24.4 Å². The van der Waals surface area contributed by atoms with Crippen molar-refractivity contribution in [2.24, 2.45) is 0 Å². The van der Waals surface area contributed by atoms with Crippen molar-refractivity contribution in [1.82, 2.24) is 4.31 Å². The van der Waals surface area contributed by atoms with Crippen LogP contribution >= 0.6 is 15.9 Å². The number of rotatable bonds is 4. The summed E-state index contributed by atoms with van der Waals surface area (Å²) in [6, 6.07) is 17.2. The smallest absolute Gasteiger partial charge is 0.343 e. The summed E-state index contributed by atoms with van der Waals surface area (Å²) in [4.78, 5) is 12.6. The first-order chi connectivity index (χ1) is 13.4. The van der Waals surface area contributed by atoms with Gasteiger partial charge in [0.2, 0.25) is 10.0 Å². The van der Waals surface area contributed by atoms with Crippen LogP contribution in [0.3, 0.4) is 0 Å². The van der Waals surface area contributed by atoms with Crippen molar-refractivity contribution in [2.45, 2.75) is 17.7 Å². The molecule has 28 heavy (non-hydrogen) atoms. The van der Waals surface area contributed by atoms with Gasteiger partial charge in [0.05, 0.1) is 10.5 Å². The number of carbonyl (C=O) groups excluding carboxylic acids is 1. The molecule has 144 valence electrons. The molecule has 1 aliphatic heterocycles. The SMILES string of the molecule is O=C(Oc1ccc2cc(Br)ccc2c1)c1ccc(S(=O)(=O)N2CCCC2)cc1. The standard InChI is InChI=1S/C21H18BrNO4S/c22-18-7-3-17-14-19(8-4-16(17)13-18)27-21(24)15-5-9-20(10-6-15)28(25,26)23-11-1-2-12-23/h3-10,13-14H,1-2,11-12H2. The lowest BCUT2D eigenvalue weighted by Gasteiger charge is -2.15. The van der Waals surface area contributed by atoms with E-state index in [1.807, 2.05) is 24.3 Å². The van der Waals surface area contributed by atoms with Crippen LogP contribution in [0.2, 0.25) is 0 Å². The second-order valence-corrected chi connectivity index (χ2v) is 9.53. The van der Waals surface area contributed by atoms with Gasteiger partial charge in [0.15, 0.2) is 0 Å². The Morgan fingerprint density at radius 3 is 2.25 bits per heavy atom. The van der Waals surface area contributed by atoms with Gasteiger partial charge in [-0.05, 0) is 72.1 Å². The minimum atomic E-state index is -3.49. The maximum Gasteiger partial charge on any atom is 0.343 e. The van der Waals surface area contributed by atoms with Crippen molar-refractivity contribution in [3.8, 4) is 5.75 Å². The molecular formula is C21H18BrNO4S. The molecule has 1 heterocycles. The number of halogens is 1. The van der Waals surface area contributed by atoms with Crippen LogP contribution < -0.4 is 4.74 Å². The lowest BCUT2D eigenvalue weighted by atomic mass is 10.1. The highest BCUT2D eigenvalue weighted by molar-refractivity contribution is 9.10. The largest absolute Gasteiger partial charge is 0.423 e. The first kappa shape index (κ1) is 19.1. The Hall–Kier alpha value is -2.22. The maximum atomic E-state index is 12.6. The molecule has 3 aromatic rings. The zero-order valence-corrected chi connectivity index (χ0v) is 17.4. The van der Waals surface area contributed by atoms with Gasteiger partial charge in [0, 0.05) is 17.6 Å². The molecule has 0 spiro atoms. The highest BCUT2D eigenvalue weighted by Gasteiger charge is 2.27. The van der Waals surface area contributed by atoms with Gasteiger partial charge >= 0.3 is 5.97 Å². The summed E-state index contributed by atoms with van der Waals surface area (Å²) in [5.41, 5.74) is 0.302. The van der Waals surface area contributed by atoms with Crippen LogP contribution in [0.4, 0.5) is 0 Å². The molecule has 3 aromatic carbocycles. The second kappa shape index (κ2) is 7.66. The van der Waals surface area contributed by atoms with Gasteiger partial charge in [-0.15, -0.1) is 0 Å². The monoisotopic (exact) mass is 459 g/mol. The molecule has 0 bridgehead atoms. The van der Waals surface area contributed by atoms with Gasteiger partial charge in [-0.1, -0.05) is 28.1 Å². The Kier molecular flexibility index (Phi) is 5.23. The third-order valence-electron chi connectivity index (χ3n) is 4.78. The first-order valence-corrected chi connectivity index (χ1v) is 11.2. The minimum absolute atomic E-state index is 0.197. The molecule has 0 N–H and O–H groups in total.